The number of nitrogens with one attached hydrogen (secondary N) is 3. The molecule has 0 unspecified atom stereocenters. The van der Waals surface area contributed by atoms with Gasteiger partial charge in [-0.15, -0.1) is 0 Å². The third-order valence-electron chi connectivity index (χ3n) is 5.25. The molecule has 0 saturated heterocycles. The second-order valence-electron chi connectivity index (χ2n) is 8.65. The molecule has 0 aromatic rings. The average Bonchev–Trinajstić information content (AvgIpc) is 2.88. The Morgan fingerprint density at radius 1 is 0.583 bits per heavy atom. The van der Waals surface area contributed by atoms with E-state index in [0.29, 0.717) is 6.42 Å². The van der Waals surface area contributed by atoms with Gasteiger partial charge in [0.2, 0.25) is 5.91 Å². The van der Waals surface area contributed by atoms with E-state index in [1.807, 2.05) is 0 Å². The van der Waals surface area contributed by atoms with E-state index in [1.165, 1.54) is 0 Å². The van der Waals surface area contributed by atoms with Crippen molar-refractivity contribution in [3.8, 4) is 0 Å². The zero-order valence-electron chi connectivity index (χ0n) is 22.9. The number of allylic oxidation sites excluding steroid dienone is 12. The molecule has 0 aliphatic heterocycles. The van der Waals surface area contributed by atoms with E-state index >= 15 is 0 Å². The quantitative estimate of drug-likeness (QED) is 0.0935. The maximum absolute atomic E-state index is 11.9. The molecule has 0 spiro atoms. The van der Waals surface area contributed by atoms with E-state index in [1.54, 1.807) is 0 Å². The van der Waals surface area contributed by atoms with Crippen LogP contribution in [0.3, 0.4) is 0 Å². The van der Waals surface area contributed by atoms with Gasteiger partial charge in [0.1, 0.15) is 0 Å². The Morgan fingerprint density at radius 3 is 1.47 bits per heavy atom. The third-order valence-corrected chi connectivity index (χ3v) is 5.25. The van der Waals surface area contributed by atoms with Crippen molar-refractivity contribution in [1.82, 2.24) is 16.0 Å². The van der Waals surface area contributed by atoms with E-state index in [0.717, 1.165) is 103 Å². The summed E-state index contributed by atoms with van der Waals surface area (Å²) in [6, 6.07) is 0. The van der Waals surface area contributed by atoms with Gasteiger partial charge in [-0.25, -0.2) is 0 Å². The van der Waals surface area contributed by atoms with E-state index in [-0.39, 0.29) is 5.91 Å². The number of hydrogen-bond donors (Lipinski definition) is 4. The molecule has 5 heteroatoms. The Morgan fingerprint density at radius 2 is 1.00 bits per heavy atom. The first-order chi connectivity index (χ1) is 17.8. The molecule has 0 fully saturated rings. The number of hydrogen-bond acceptors (Lipinski definition) is 4. The first-order valence-electron chi connectivity index (χ1n) is 14.1. The highest BCUT2D eigenvalue weighted by Gasteiger charge is 1.98. The van der Waals surface area contributed by atoms with Gasteiger partial charge in [0.25, 0.3) is 0 Å². The number of amides is 1. The number of carbonyl (C=O) groups excluding carboxylic acids is 1. The molecule has 5 N–H and O–H groups in total. The van der Waals surface area contributed by atoms with Crippen molar-refractivity contribution in [3.63, 3.8) is 0 Å². The van der Waals surface area contributed by atoms with Gasteiger partial charge < -0.3 is 21.7 Å². The van der Waals surface area contributed by atoms with Crippen LogP contribution in [-0.4, -0.2) is 45.2 Å². The Balaban J connectivity index is 3.47. The zero-order valence-corrected chi connectivity index (χ0v) is 22.9. The van der Waals surface area contributed by atoms with Crippen LogP contribution in [0.2, 0.25) is 0 Å². The molecule has 0 aliphatic carbocycles. The Kier molecular flexibility index (Phi) is 28.9. The first-order valence-corrected chi connectivity index (χ1v) is 14.1. The molecule has 0 saturated carbocycles. The molecule has 0 rings (SSSR count). The van der Waals surface area contributed by atoms with E-state index in [4.69, 9.17) is 5.73 Å². The summed E-state index contributed by atoms with van der Waals surface area (Å²) in [5.41, 5.74) is 5.46. The molecule has 0 bridgehead atoms. The number of carbonyl (C=O) groups is 1. The first kappa shape index (κ1) is 33.8. The predicted molar refractivity (Wildman–Crippen MR) is 159 cm³/mol. The maximum atomic E-state index is 11.9. The summed E-state index contributed by atoms with van der Waals surface area (Å²) in [6.07, 6.45) is 36.8. The van der Waals surface area contributed by atoms with E-state index in [9.17, 15) is 4.79 Å². The molecular formula is C31H54N4O. The molecule has 0 aromatic heterocycles. The summed E-state index contributed by atoms with van der Waals surface area (Å²) in [7, 11) is 0. The van der Waals surface area contributed by atoms with Gasteiger partial charge >= 0.3 is 0 Å². The van der Waals surface area contributed by atoms with Crippen LogP contribution < -0.4 is 21.7 Å². The average molecular weight is 499 g/mol. The molecule has 0 atom stereocenters. The van der Waals surface area contributed by atoms with Gasteiger partial charge in [0.05, 0.1) is 0 Å². The van der Waals surface area contributed by atoms with Crippen molar-refractivity contribution in [1.29, 1.82) is 0 Å². The minimum atomic E-state index is 0.138. The Bertz CT molecular complexity index is 647. The molecule has 1 amide bonds. The van der Waals surface area contributed by atoms with Crippen molar-refractivity contribution in [2.45, 2.75) is 77.6 Å². The lowest BCUT2D eigenvalue weighted by atomic mass is 10.2. The van der Waals surface area contributed by atoms with E-state index in [2.05, 4.69) is 95.8 Å². The lowest BCUT2D eigenvalue weighted by molar-refractivity contribution is -0.121. The van der Waals surface area contributed by atoms with Crippen LogP contribution in [0.4, 0.5) is 0 Å². The highest BCUT2D eigenvalue weighted by atomic mass is 16.1. The minimum absolute atomic E-state index is 0.138. The van der Waals surface area contributed by atoms with Crippen molar-refractivity contribution in [2.24, 2.45) is 5.73 Å². The smallest absolute Gasteiger partial charge is 0.220 e. The van der Waals surface area contributed by atoms with Crippen LogP contribution in [-0.2, 0) is 4.79 Å². The fourth-order valence-corrected chi connectivity index (χ4v) is 3.20. The molecular weight excluding hydrogens is 444 g/mol. The summed E-state index contributed by atoms with van der Waals surface area (Å²) in [4.78, 5) is 11.9. The Hall–Kier alpha value is -2.21. The molecule has 0 heterocycles. The summed E-state index contributed by atoms with van der Waals surface area (Å²) in [5.74, 6) is 0.138. The number of nitrogens with two attached hydrogens (primary N) is 1. The SMILES string of the molecule is CC/C=C\C/C=C\C/C=C\C/C=C\C/C=C\C/C=C\CCC(=O)NCCCNCCCNCCCN. The van der Waals surface area contributed by atoms with Gasteiger partial charge in [0, 0.05) is 13.0 Å². The minimum Gasteiger partial charge on any atom is -0.356 e. The van der Waals surface area contributed by atoms with Crippen molar-refractivity contribution in [2.75, 3.05) is 39.3 Å². The normalized spacial score (nSPS) is 12.6. The summed E-state index contributed by atoms with van der Waals surface area (Å²) in [5, 5.41) is 9.78. The van der Waals surface area contributed by atoms with Crippen molar-refractivity contribution in [3.05, 3.63) is 72.9 Å². The van der Waals surface area contributed by atoms with Crippen molar-refractivity contribution >= 4 is 5.91 Å². The van der Waals surface area contributed by atoms with Crippen LogP contribution >= 0.6 is 0 Å². The predicted octanol–water partition coefficient (Wildman–Crippen LogP) is 5.89. The van der Waals surface area contributed by atoms with Crippen LogP contribution in [0, 0.1) is 0 Å². The maximum Gasteiger partial charge on any atom is 0.220 e. The monoisotopic (exact) mass is 498 g/mol. The highest BCUT2D eigenvalue weighted by molar-refractivity contribution is 5.75. The second kappa shape index (κ2) is 30.8. The standard InChI is InChI=1S/C31H54N4O/c1-2-3-4-5-6-7-8-9-10-11-12-13-14-15-16-17-18-19-20-24-31(36)35-30-23-29-34-28-22-27-33-26-21-25-32/h3-4,6-7,9-10,12-13,15-16,18-19,33-34H,2,5,8,11,14,17,20-30,32H2,1H3,(H,35,36)/b4-3-,7-6-,10-9-,13-12-,16-15-,19-18-. The van der Waals surface area contributed by atoms with Gasteiger partial charge in [-0.2, -0.15) is 0 Å². The number of rotatable bonds is 25. The molecule has 5 nitrogen and oxygen atoms in total. The van der Waals surface area contributed by atoms with Crippen LogP contribution in [0.15, 0.2) is 72.9 Å². The van der Waals surface area contributed by atoms with Crippen LogP contribution in [0.25, 0.3) is 0 Å². The summed E-state index contributed by atoms with van der Waals surface area (Å²) >= 11 is 0. The van der Waals surface area contributed by atoms with Gasteiger partial charge in [0.15, 0.2) is 0 Å². The highest BCUT2D eigenvalue weighted by Crippen LogP contribution is 1.98. The van der Waals surface area contributed by atoms with E-state index < -0.39 is 0 Å². The second-order valence-corrected chi connectivity index (χ2v) is 8.65. The zero-order chi connectivity index (χ0) is 26.2. The lowest BCUT2D eigenvalue weighted by Crippen LogP contribution is -2.28. The fraction of sp³-hybridized carbons (Fsp3) is 0.581. The van der Waals surface area contributed by atoms with Crippen LogP contribution in [0.1, 0.15) is 77.6 Å². The van der Waals surface area contributed by atoms with Gasteiger partial charge in [-0.05, 0) is 96.9 Å². The fourth-order valence-electron chi connectivity index (χ4n) is 3.20. The lowest BCUT2D eigenvalue weighted by Gasteiger charge is -2.07. The molecule has 0 aliphatic rings. The van der Waals surface area contributed by atoms with Crippen LogP contribution in [0.5, 0.6) is 0 Å². The van der Waals surface area contributed by atoms with Crippen molar-refractivity contribution < 1.29 is 4.79 Å². The molecule has 204 valence electrons. The Labute approximate surface area is 222 Å². The summed E-state index contributed by atoms with van der Waals surface area (Å²) in [6.45, 7) is 7.62. The van der Waals surface area contributed by atoms with Gasteiger partial charge in [-0.3, -0.25) is 4.79 Å². The topological polar surface area (TPSA) is 79.2 Å². The largest absolute Gasteiger partial charge is 0.356 e. The molecule has 0 radical (unpaired) electrons. The molecule has 36 heavy (non-hydrogen) atoms. The third kappa shape index (κ3) is 29.8. The van der Waals surface area contributed by atoms with Gasteiger partial charge in [-0.1, -0.05) is 79.8 Å². The summed E-state index contributed by atoms with van der Waals surface area (Å²) < 4.78 is 0. The molecule has 0 aromatic carbocycles.